The third kappa shape index (κ3) is 7.93. The first-order chi connectivity index (χ1) is 7.11. The summed E-state index contributed by atoms with van der Waals surface area (Å²) < 4.78 is 15.2. The van der Waals surface area contributed by atoms with Gasteiger partial charge in [-0.25, -0.2) is 0 Å². The maximum atomic E-state index is 8.08. The van der Waals surface area contributed by atoms with E-state index in [1.807, 2.05) is 0 Å². The molecule has 0 saturated carbocycles. The normalized spacial score (nSPS) is 19.4. The number of hydrogen-bond acceptors (Lipinski definition) is 4. The van der Waals surface area contributed by atoms with Crippen molar-refractivity contribution in [3.05, 3.63) is 0 Å². The SMILES string of the molecule is CCCC[Si](C)(OC)OC.OCC1CO1. The fourth-order valence-electron chi connectivity index (χ4n) is 0.959. The molecule has 1 N–H and O–H groups in total. The van der Waals surface area contributed by atoms with Crippen LogP contribution in [0.4, 0.5) is 0 Å². The molecule has 0 amide bonds. The van der Waals surface area contributed by atoms with Gasteiger partial charge in [-0.1, -0.05) is 19.8 Å². The van der Waals surface area contributed by atoms with E-state index < -0.39 is 8.56 Å². The molecule has 1 heterocycles. The summed E-state index contributed by atoms with van der Waals surface area (Å²) in [5, 5.41) is 8.08. The van der Waals surface area contributed by atoms with E-state index in [1.165, 1.54) is 12.8 Å². The highest BCUT2D eigenvalue weighted by molar-refractivity contribution is 6.65. The standard InChI is InChI=1S/C7H18O2Si.C3H6O2/c1-5-6-7-10(4,8-2)9-3;4-1-3-2-5-3/h5-7H2,1-4H3;3-4H,1-2H2. The maximum absolute atomic E-state index is 8.08. The van der Waals surface area contributed by atoms with Gasteiger partial charge in [0.25, 0.3) is 0 Å². The lowest BCUT2D eigenvalue weighted by molar-refractivity contribution is 0.244. The molecule has 5 heteroatoms. The Hall–Kier alpha value is 0.0569. The largest absolute Gasteiger partial charge is 0.398 e. The van der Waals surface area contributed by atoms with E-state index in [9.17, 15) is 0 Å². The van der Waals surface area contributed by atoms with Crippen LogP contribution in [0.1, 0.15) is 19.8 Å². The van der Waals surface area contributed by atoms with Gasteiger partial charge in [0.2, 0.25) is 0 Å². The molecule has 0 aromatic rings. The molecule has 0 aromatic carbocycles. The van der Waals surface area contributed by atoms with Gasteiger partial charge in [0.05, 0.1) is 13.2 Å². The third-order valence-electron chi connectivity index (χ3n) is 2.45. The minimum absolute atomic E-state index is 0.190. The molecule has 15 heavy (non-hydrogen) atoms. The highest BCUT2D eigenvalue weighted by Crippen LogP contribution is 2.14. The van der Waals surface area contributed by atoms with Crippen molar-refractivity contribution in [2.45, 2.75) is 38.5 Å². The Kier molecular flexibility index (Phi) is 8.27. The number of ether oxygens (including phenoxy) is 1. The van der Waals surface area contributed by atoms with Gasteiger partial charge in [-0.15, -0.1) is 0 Å². The van der Waals surface area contributed by atoms with E-state index in [0.717, 1.165) is 12.7 Å². The first kappa shape index (κ1) is 15.1. The molecule has 1 unspecified atom stereocenters. The van der Waals surface area contributed by atoms with E-state index in [2.05, 4.69) is 18.2 Å². The average Bonchev–Trinajstić information content (AvgIpc) is 3.10. The Balaban J connectivity index is 0.000000322. The molecule has 0 radical (unpaired) electrons. The van der Waals surface area contributed by atoms with E-state index >= 15 is 0 Å². The number of rotatable bonds is 6. The summed E-state index contributed by atoms with van der Waals surface area (Å²) in [7, 11) is 1.76. The van der Waals surface area contributed by atoms with Crippen molar-refractivity contribution in [2.24, 2.45) is 0 Å². The molecule has 0 bridgehead atoms. The van der Waals surface area contributed by atoms with Crippen molar-refractivity contribution in [2.75, 3.05) is 27.4 Å². The van der Waals surface area contributed by atoms with Crippen molar-refractivity contribution in [3.8, 4) is 0 Å². The van der Waals surface area contributed by atoms with Crippen LogP contribution in [0.15, 0.2) is 0 Å². The second-order valence-corrected chi connectivity index (χ2v) is 7.37. The van der Waals surface area contributed by atoms with Crippen molar-refractivity contribution >= 4 is 8.56 Å². The van der Waals surface area contributed by atoms with Gasteiger partial charge in [-0.2, -0.15) is 0 Å². The molecule has 1 atom stereocenters. The molecular weight excluding hydrogens is 212 g/mol. The van der Waals surface area contributed by atoms with Gasteiger partial charge < -0.3 is 18.7 Å². The van der Waals surface area contributed by atoms with E-state index in [1.54, 1.807) is 14.2 Å². The molecule has 1 rings (SSSR count). The van der Waals surface area contributed by atoms with Crippen molar-refractivity contribution in [1.82, 2.24) is 0 Å². The third-order valence-corrected chi connectivity index (χ3v) is 5.44. The minimum Gasteiger partial charge on any atom is -0.398 e. The van der Waals surface area contributed by atoms with Crippen LogP contribution in [0.3, 0.4) is 0 Å². The molecule has 4 nitrogen and oxygen atoms in total. The second kappa shape index (κ2) is 8.24. The molecule has 0 aromatic heterocycles. The Morgan fingerprint density at radius 3 is 2.13 bits per heavy atom. The lowest BCUT2D eigenvalue weighted by atomic mass is 10.4. The number of hydrogen-bond donors (Lipinski definition) is 1. The Labute approximate surface area is 93.8 Å². The zero-order chi connectivity index (χ0) is 11.7. The van der Waals surface area contributed by atoms with Crippen LogP contribution < -0.4 is 0 Å². The molecule has 0 spiro atoms. The van der Waals surface area contributed by atoms with E-state index in [4.69, 9.17) is 14.0 Å². The van der Waals surface area contributed by atoms with Crippen LogP contribution in [0.25, 0.3) is 0 Å². The van der Waals surface area contributed by atoms with Crippen LogP contribution in [-0.4, -0.2) is 47.2 Å². The quantitative estimate of drug-likeness (QED) is 0.561. The van der Waals surface area contributed by atoms with E-state index in [0.29, 0.717) is 0 Å². The highest BCUT2D eigenvalue weighted by Gasteiger charge is 2.27. The second-order valence-electron chi connectivity index (χ2n) is 3.78. The first-order valence-electron chi connectivity index (χ1n) is 5.44. The van der Waals surface area contributed by atoms with Crippen molar-refractivity contribution in [1.29, 1.82) is 0 Å². The van der Waals surface area contributed by atoms with Gasteiger partial charge in [0.15, 0.2) is 0 Å². The van der Waals surface area contributed by atoms with Crippen LogP contribution in [0.5, 0.6) is 0 Å². The summed E-state index contributed by atoms with van der Waals surface area (Å²) >= 11 is 0. The van der Waals surface area contributed by atoms with Gasteiger partial charge in [-0.05, 0) is 12.6 Å². The van der Waals surface area contributed by atoms with Gasteiger partial charge >= 0.3 is 8.56 Å². The summed E-state index contributed by atoms with van der Waals surface area (Å²) in [6, 6.07) is 1.11. The van der Waals surface area contributed by atoms with Crippen molar-refractivity contribution < 1.29 is 18.7 Å². The number of aliphatic hydroxyl groups excluding tert-OH is 1. The molecule has 1 saturated heterocycles. The molecular formula is C10H24O4Si. The Morgan fingerprint density at radius 1 is 1.40 bits per heavy atom. The smallest absolute Gasteiger partial charge is 0.334 e. The van der Waals surface area contributed by atoms with Crippen LogP contribution in [0.2, 0.25) is 12.6 Å². The summed E-state index contributed by atoms with van der Waals surface area (Å²) in [6.45, 7) is 5.24. The molecule has 1 fully saturated rings. The summed E-state index contributed by atoms with van der Waals surface area (Å²) in [6.07, 6.45) is 2.62. The first-order valence-corrected chi connectivity index (χ1v) is 7.97. The predicted octanol–water partition coefficient (Wildman–Crippen LogP) is 1.53. The lowest BCUT2D eigenvalue weighted by Crippen LogP contribution is -2.35. The Morgan fingerprint density at radius 2 is 1.93 bits per heavy atom. The fourth-order valence-corrected chi connectivity index (χ4v) is 2.53. The van der Waals surface area contributed by atoms with E-state index in [-0.39, 0.29) is 12.7 Å². The average molecular weight is 236 g/mol. The summed E-state index contributed by atoms with van der Waals surface area (Å²) in [4.78, 5) is 0. The molecule has 92 valence electrons. The monoisotopic (exact) mass is 236 g/mol. The topological polar surface area (TPSA) is 51.2 Å². The van der Waals surface area contributed by atoms with Gasteiger partial charge in [0, 0.05) is 14.2 Å². The minimum atomic E-state index is -1.72. The zero-order valence-corrected chi connectivity index (χ0v) is 11.3. The number of unbranched alkanes of at least 4 members (excludes halogenated alkanes) is 1. The fraction of sp³-hybridized carbons (Fsp3) is 1.00. The van der Waals surface area contributed by atoms with Crippen LogP contribution in [0, 0.1) is 0 Å². The summed E-state index contributed by atoms with van der Waals surface area (Å²) in [5.74, 6) is 0. The van der Waals surface area contributed by atoms with Gasteiger partial charge in [-0.3, -0.25) is 0 Å². The highest BCUT2D eigenvalue weighted by atomic mass is 28.4. The molecule has 1 aliphatic rings. The maximum Gasteiger partial charge on any atom is 0.334 e. The zero-order valence-electron chi connectivity index (χ0n) is 10.3. The number of epoxide rings is 1. The number of aliphatic hydroxyl groups is 1. The van der Waals surface area contributed by atoms with Crippen LogP contribution >= 0.6 is 0 Å². The van der Waals surface area contributed by atoms with Crippen molar-refractivity contribution in [3.63, 3.8) is 0 Å². The molecule has 0 aliphatic carbocycles. The Bertz CT molecular complexity index is 146. The summed E-state index contributed by atoms with van der Waals surface area (Å²) in [5.41, 5.74) is 0. The predicted molar refractivity (Wildman–Crippen MR) is 62.2 cm³/mol. The molecule has 1 aliphatic heterocycles. The van der Waals surface area contributed by atoms with Crippen LogP contribution in [-0.2, 0) is 13.6 Å². The van der Waals surface area contributed by atoms with Gasteiger partial charge in [0.1, 0.15) is 6.10 Å². The lowest BCUT2D eigenvalue weighted by Gasteiger charge is -2.21.